The first kappa shape index (κ1) is 12.0. The number of hydrogen-bond donors (Lipinski definition) is 2. The van der Waals surface area contributed by atoms with Crippen LogP contribution in [0, 0.1) is 5.92 Å². The minimum Gasteiger partial charge on any atom is -0.478 e. The van der Waals surface area contributed by atoms with Crippen molar-refractivity contribution in [1.82, 2.24) is 0 Å². The van der Waals surface area contributed by atoms with E-state index in [0.717, 1.165) is 0 Å². The first-order valence-electron chi connectivity index (χ1n) is 6.07. The summed E-state index contributed by atoms with van der Waals surface area (Å²) in [7, 11) is 1.80. The van der Waals surface area contributed by atoms with E-state index in [0.29, 0.717) is 24.6 Å². The third kappa shape index (κ3) is 1.76. The van der Waals surface area contributed by atoms with Crippen molar-refractivity contribution in [1.29, 1.82) is 0 Å². The molecule has 0 spiro atoms. The number of carbonyl (C=O) groups excluding carboxylic acids is 1. The van der Waals surface area contributed by atoms with Crippen LogP contribution in [0.2, 0.25) is 0 Å². The van der Waals surface area contributed by atoms with Crippen molar-refractivity contribution in [3.05, 3.63) is 23.8 Å². The molecule has 0 aliphatic carbocycles. The number of ether oxygens (including phenoxy) is 1. The maximum absolute atomic E-state index is 12.1. The predicted octanol–water partition coefficient (Wildman–Crippen LogP) is 0.788. The fraction of sp³-hybridized carbons (Fsp3) is 0.385. The molecule has 19 heavy (non-hydrogen) atoms. The zero-order valence-electron chi connectivity index (χ0n) is 10.4. The fourth-order valence-corrected chi connectivity index (χ4v) is 2.76. The average Bonchev–Trinajstić information content (AvgIpc) is 2.83. The second-order valence-electron chi connectivity index (χ2n) is 4.82. The van der Waals surface area contributed by atoms with E-state index in [4.69, 9.17) is 4.74 Å². The molecule has 0 radical (unpaired) electrons. The van der Waals surface area contributed by atoms with Gasteiger partial charge in [0.15, 0.2) is 0 Å². The van der Waals surface area contributed by atoms with Crippen molar-refractivity contribution in [3.8, 4) is 0 Å². The van der Waals surface area contributed by atoms with Gasteiger partial charge in [0.1, 0.15) is 0 Å². The molecule has 0 saturated carbocycles. The number of rotatable bonds is 1. The molecule has 2 unspecified atom stereocenters. The smallest absolute Gasteiger partial charge is 0.337 e. The Morgan fingerprint density at radius 3 is 3.00 bits per heavy atom. The van der Waals surface area contributed by atoms with Crippen molar-refractivity contribution in [3.63, 3.8) is 0 Å². The number of nitrogens with zero attached hydrogens (tertiary/aromatic N) is 1. The molecule has 1 fully saturated rings. The van der Waals surface area contributed by atoms with Gasteiger partial charge in [-0.3, -0.25) is 4.79 Å². The molecule has 2 aliphatic rings. The van der Waals surface area contributed by atoms with Gasteiger partial charge in [-0.15, -0.1) is 0 Å². The second-order valence-corrected chi connectivity index (χ2v) is 4.82. The highest BCUT2D eigenvalue weighted by molar-refractivity contribution is 6.04. The van der Waals surface area contributed by atoms with Crippen LogP contribution >= 0.6 is 0 Å². The molecule has 3 rings (SSSR count). The lowest BCUT2D eigenvalue weighted by atomic mass is 10.0. The Hall–Kier alpha value is -2.08. The van der Waals surface area contributed by atoms with Crippen molar-refractivity contribution in [2.24, 2.45) is 5.92 Å². The molecule has 1 aromatic carbocycles. The van der Waals surface area contributed by atoms with Crippen LogP contribution in [0.3, 0.4) is 0 Å². The van der Waals surface area contributed by atoms with E-state index in [-0.39, 0.29) is 23.4 Å². The summed E-state index contributed by atoms with van der Waals surface area (Å²) >= 11 is 0. The standard InChI is InChI=1S/C13H14N2O4/c1-15-10-6-19-5-8(10)12(16)14-9-4-2-3-7(11(9)15)13(17)18/h2-4,8,10H,5-6H2,1H3,(H,14,16)(H,17,18). The number of nitrogens with one attached hydrogen (secondary N) is 1. The minimum absolute atomic E-state index is 0.115. The van der Waals surface area contributed by atoms with E-state index in [1.54, 1.807) is 25.2 Å². The SMILES string of the molecule is CN1c2c(cccc2C(=O)O)NC(=O)C2COCC21. The van der Waals surface area contributed by atoms with Crippen LogP contribution in [0.5, 0.6) is 0 Å². The summed E-state index contributed by atoms with van der Waals surface area (Å²) in [6, 6.07) is 4.77. The molecule has 2 aliphatic heterocycles. The molecule has 100 valence electrons. The average molecular weight is 262 g/mol. The Morgan fingerprint density at radius 1 is 1.47 bits per heavy atom. The summed E-state index contributed by atoms with van der Waals surface area (Å²) in [5, 5.41) is 12.1. The topological polar surface area (TPSA) is 78.9 Å². The maximum atomic E-state index is 12.1. The van der Waals surface area contributed by atoms with Gasteiger partial charge in [-0.1, -0.05) is 6.07 Å². The zero-order valence-corrected chi connectivity index (χ0v) is 10.4. The molecule has 1 amide bonds. The summed E-state index contributed by atoms with van der Waals surface area (Å²) in [4.78, 5) is 25.3. The first-order chi connectivity index (χ1) is 9.09. The number of aromatic carboxylic acids is 1. The van der Waals surface area contributed by atoms with Gasteiger partial charge < -0.3 is 20.1 Å². The van der Waals surface area contributed by atoms with Crippen LogP contribution in [0.1, 0.15) is 10.4 Å². The van der Waals surface area contributed by atoms with E-state index < -0.39 is 5.97 Å². The van der Waals surface area contributed by atoms with Crippen molar-refractivity contribution < 1.29 is 19.4 Å². The van der Waals surface area contributed by atoms with E-state index in [9.17, 15) is 14.7 Å². The number of carboxylic acid groups (broad SMARTS) is 1. The number of fused-ring (bicyclic) bond motifs is 2. The molecule has 2 N–H and O–H groups in total. The molecule has 0 aromatic heterocycles. The van der Waals surface area contributed by atoms with Gasteiger partial charge >= 0.3 is 5.97 Å². The van der Waals surface area contributed by atoms with Gasteiger partial charge in [0.2, 0.25) is 5.91 Å². The number of carbonyl (C=O) groups is 2. The highest BCUT2D eigenvalue weighted by Gasteiger charge is 2.41. The number of para-hydroxylation sites is 1. The number of carboxylic acids is 1. The Bertz CT molecular complexity index is 558. The molecule has 6 nitrogen and oxygen atoms in total. The minimum atomic E-state index is -1.00. The fourth-order valence-electron chi connectivity index (χ4n) is 2.76. The van der Waals surface area contributed by atoms with Gasteiger partial charge in [-0.2, -0.15) is 0 Å². The van der Waals surface area contributed by atoms with Crippen molar-refractivity contribution in [2.75, 3.05) is 30.5 Å². The highest BCUT2D eigenvalue weighted by Crippen LogP contribution is 2.37. The largest absolute Gasteiger partial charge is 0.478 e. The molecule has 1 saturated heterocycles. The van der Waals surface area contributed by atoms with Crippen molar-refractivity contribution >= 4 is 23.3 Å². The van der Waals surface area contributed by atoms with Gasteiger partial charge in [-0.25, -0.2) is 4.79 Å². The van der Waals surface area contributed by atoms with Crippen LogP contribution in [-0.4, -0.2) is 43.3 Å². The van der Waals surface area contributed by atoms with E-state index in [1.165, 1.54) is 0 Å². The number of likely N-dealkylation sites (N-methyl/N-ethyl adjacent to an activating group) is 1. The van der Waals surface area contributed by atoms with Gasteiger partial charge in [-0.05, 0) is 12.1 Å². The normalized spacial score (nSPS) is 25.3. The Morgan fingerprint density at radius 2 is 2.26 bits per heavy atom. The van der Waals surface area contributed by atoms with Crippen LogP contribution in [0.15, 0.2) is 18.2 Å². The lowest BCUT2D eigenvalue weighted by Crippen LogP contribution is -2.40. The Kier molecular flexibility index (Phi) is 2.67. The number of hydrogen-bond acceptors (Lipinski definition) is 4. The molecule has 2 atom stereocenters. The molecular weight excluding hydrogens is 248 g/mol. The van der Waals surface area contributed by atoms with Gasteiger partial charge in [0, 0.05) is 7.05 Å². The quantitative estimate of drug-likeness (QED) is 0.782. The Balaban J connectivity index is 2.16. The zero-order chi connectivity index (χ0) is 13.6. The highest BCUT2D eigenvalue weighted by atomic mass is 16.5. The molecule has 2 heterocycles. The van der Waals surface area contributed by atoms with Crippen LogP contribution < -0.4 is 10.2 Å². The predicted molar refractivity (Wildman–Crippen MR) is 68.5 cm³/mol. The summed E-state index contributed by atoms with van der Waals surface area (Å²) < 4.78 is 5.35. The van der Waals surface area contributed by atoms with Crippen LogP contribution in [0.25, 0.3) is 0 Å². The van der Waals surface area contributed by atoms with Crippen LogP contribution in [0.4, 0.5) is 11.4 Å². The third-order valence-corrected chi connectivity index (χ3v) is 3.76. The number of anilines is 2. The van der Waals surface area contributed by atoms with Gasteiger partial charge in [0.05, 0.1) is 42.1 Å². The first-order valence-corrected chi connectivity index (χ1v) is 6.07. The summed E-state index contributed by atoms with van der Waals surface area (Å²) in [5.41, 5.74) is 1.27. The van der Waals surface area contributed by atoms with E-state index >= 15 is 0 Å². The molecule has 1 aromatic rings. The number of amides is 1. The lowest BCUT2D eigenvalue weighted by molar-refractivity contribution is -0.120. The lowest BCUT2D eigenvalue weighted by Gasteiger charge is -2.28. The maximum Gasteiger partial charge on any atom is 0.337 e. The summed E-state index contributed by atoms with van der Waals surface area (Å²) in [6.07, 6.45) is 0. The second kappa shape index (κ2) is 4.24. The molecule has 0 bridgehead atoms. The summed E-state index contributed by atoms with van der Waals surface area (Å²) in [6.45, 7) is 0.805. The molecular formula is C13H14N2O4. The number of benzene rings is 1. The molecule has 6 heteroatoms. The monoisotopic (exact) mass is 262 g/mol. The third-order valence-electron chi connectivity index (χ3n) is 3.76. The van der Waals surface area contributed by atoms with Crippen molar-refractivity contribution in [2.45, 2.75) is 6.04 Å². The van der Waals surface area contributed by atoms with E-state index in [2.05, 4.69) is 5.32 Å². The summed E-state index contributed by atoms with van der Waals surface area (Å²) in [5.74, 6) is -1.38. The van der Waals surface area contributed by atoms with Gasteiger partial charge in [0.25, 0.3) is 0 Å². The van der Waals surface area contributed by atoms with Crippen LogP contribution in [-0.2, 0) is 9.53 Å². The Labute approximate surface area is 110 Å². The van der Waals surface area contributed by atoms with E-state index in [1.807, 2.05) is 4.90 Å².